The van der Waals surface area contributed by atoms with Crippen molar-refractivity contribution in [1.29, 1.82) is 0 Å². The Morgan fingerprint density at radius 2 is 1.07 bits per heavy atom. The van der Waals surface area contributed by atoms with Crippen LogP contribution >= 0.6 is 0 Å². The third-order valence-electron chi connectivity index (χ3n) is 13.8. The topological polar surface area (TPSA) is 478 Å². The van der Waals surface area contributed by atoms with E-state index >= 15 is 0 Å². The molecule has 2 fully saturated rings. The van der Waals surface area contributed by atoms with Crippen LogP contribution in [-0.4, -0.2) is 187 Å². The molecule has 30 heteroatoms. The zero-order valence-corrected chi connectivity index (χ0v) is 45.5. The number of carbonyl (C=O) groups is 14. The second kappa shape index (κ2) is 32.6. The molecule has 11 atom stereocenters. The number of phenols is 1. The number of hydrogen-bond donors (Lipinski definition) is 15. The lowest BCUT2D eigenvalue weighted by Gasteiger charge is -2.30. The molecular formula is C51H75N11O19. The zero-order valence-electron chi connectivity index (χ0n) is 45.5. The summed E-state index contributed by atoms with van der Waals surface area (Å²) in [6.45, 7) is 5.40. The van der Waals surface area contributed by atoms with Gasteiger partial charge in [-0.25, -0.2) is 4.79 Å². The van der Waals surface area contributed by atoms with Gasteiger partial charge in [0.1, 0.15) is 54.1 Å². The molecule has 0 aromatic heterocycles. The number of hydrogen-bond acceptors (Lipinski definition) is 16. The molecule has 448 valence electrons. The van der Waals surface area contributed by atoms with Gasteiger partial charge in [0, 0.05) is 25.9 Å². The Morgan fingerprint density at radius 1 is 0.568 bits per heavy atom. The van der Waals surface area contributed by atoms with Crippen LogP contribution in [0.2, 0.25) is 0 Å². The molecule has 2 saturated heterocycles. The van der Waals surface area contributed by atoms with Crippen LogP contribution in [0.3, 0.4) is 0 Å². The van der Waals surface area contributed by atoms with E-state index in [1.165, 1.54) is 31.2 Å². The number of nitrogens with two attached hydrogens (primary N) is 1. The quantitative estimate of drug-likeness (QED) is 0.0909. The number of carboxylic acids is 4. The number of carbonyl (C=O) groups excluding carboxylic acids is 10. The Bertz CT molecular complexity index is 2480. The van der Waals surface area contributed by atoms with Crippen LogP contribution in [0, 0.1) is 11.8 Å². The van der Waals surface area contributed by atoms with Gasteiger partial charge in [-0.2, -0.15) is 0 Å². The van der Waals surface area contributed by atoms with Gasteiger partial charge in [-0.05, 0) is 68.1 Å². The van der Waals surface area contributed by atoms with E-state index in [2.05, 4.69) is 47.9 Å². The molecule has 2 aliphatic rings. The second-order valence-electron chi connectivity index (χ2n) is 20.0. The summed E-state index contributed by atoms with van der Waals surface area (Å²) in [5.74, 6) is -18.0. The van der Waals surface area contributed by atoms with E-state index in [9.17, 15) is 92.7 Å². The molecule has 30 nitrogen and oxygen atoms in total. The fraction of sp³-hybridized carbons (Fsp3) is 0.608. The number of aromatic hydroxyl groups is 1. The van der Waals surface area contributed by atoms with Crippen LogP contribution in [0.5, 0.6) is 5.75 Å². The molecule has 81 heavy (non-hydrogen) atoms. The molecule has 10 amide bonds. The highest BCUT2D eigenvalue weighted by molar-refractivity contribution is 6.00. The summed E-state index contributed by atoms with van der Waals surface area (Å²) in [5, 5.41) is 70.4. The lowest BCUT2D eigenvalue weighted by atomic mass is 9.96. The maximum Gasteiger partial charge on any atom is 0.326 e. The van der Waals surface area contributed by atoms with Gasteiger partial charge in [-0.3, -0.25) is 62.3 Å². The van der Waals surface area contributed by atoms with Gasteiger partial charge in [0.15, 0.2) is 0 Å². The van der Waals surface area contributed by atoms with Gasteiger partial charge < -0.3 is 84.0 Å². The Hall–Kier alpha value is -8.44. The first-order valence-electron chi connectivity index (χ1n) is 26.5. The predicted octanol–water partition coefficient (Wildman–Crippen LogP) is -3.56. The van der Waals surface area contributed by atoms with E-state index in [4.69, 9.17) is 5.73 Å². The van der Waals surface area contributed by atoms with Crippen molar-refractivity contribution in [3.8, 4) is 5.75 Å². The van der Waals surface area contributed by atoms with Crippen molar-refractivity contribution in [3.05, 3.63) is 29.8 Å². The molecule has 0 bridgehead atoms. The van der Waals surface area contributed by atoms with Crippen LogP contribution in [-0.2, 0) is 73.5 Å². The molecule has 0 saturated carbocycles. The van der Waals surface area contributed by atoms with Crippen molar-refractivity contribution in [2.45, 2.75) is 166 Å². The van der Waals surface area contributed by atoms with Crippen molar-refractivity contribution >= 4 is 82.9 Å². The first-order valence-corrected chi connectivity index (χ1v) is 26.5. The highest BCUT2D eigenvalue weighted by Gasteiger charge is 2.41. The van der Waals surface area contributed by atoms with Crippen molar-refractivity contribution in [1.82, 2.24) is 52.8 Å². The number of amides is 10. The van der Waals surface area contributed by atoms with Crippen LogP contribution in [0.15, 0.2) is 24.3 Å². The van der Waals surface area contributed by atoms with Crippen LogP contribution < -0.4 is 53.6 Å². The fourth-order valence-corrected chi connectivity index (χ4v) is 8.70. The molecule has 0 aliphatic carbocycles. The number of benzene rings is 1. The molecule has 1 aromatic carbocycles. The van der Waals surface area contributed by atoms with Crippen molar-refractivity contribution < 1.29 is 92.7 Å². The first kappa shape index (κ1) is 66.8. The van der Waals surface area contributed by atoms with Crippen molar-refractivity contribution in [3.63, 3.8) is 0 Å². The monoisotopic (exact) mass is 1150 g/mol. The third kappa shape index (κ3) is 22.0. The lowest BCUT2D eigenvalue weighted by Crippen LogP contribution is -2.60. The summed E-state index contributed by atoms with van der Waals surface area (Å²) < 4.78 is 0. The minimum atomic E-state index is -2.02. The molecule has 3 rings (SSSR count). The molecule has 0 spiro atoms. The lowest BCUT2D eigenvalue weighted by molar-refractivity contribution is -0.146. The normalized spacial score (nSPS) is 26.2. The average Bonchev–Trinajstić information content (AvgIpc) is 3.97. The first-order chi connectivity index (χ1) is 38.1. The van der Waals surface area contributed by atoms with E-state index in [0.29, 0.717) is 12.0 Å². The Labute approximate surface area is 465 Å². The molecule has 11 unspecified atom stereocenters. The minimum Gasteiger partial charge on any atom is -0.508 e. The highest BCUT2D eigenvalue weighted by atomic mass is 16.4. The van der Waals surface area contributed by atoms with E-state index in [-0.39, 0.29) is 76.6 Å². The van der Waals surface area contributed by atoms with Gasteiger partial charge in [-0.1, -0.05) is 52.7 Å². The number of fused-ring (bicyclic) bond motifs is 1. The smallest absolute Gasteiger partial charge is 0.326 e. The standard InChI is InChI=1S/C51H75N11O19/c1-5-25(3)41-49(78)58-31(20-27-12-14-28(63)15-13-27)44(73)59-34(23-40(70)71)50(79)62-19-9-11-35(62)47(76)54-24-37(65)55-32(21-38(66)67)45(74)57-33(22-39(68)69)46(75)61-42(26(4)6-2)48(77)56-30(51(80)81)10-7-8-18-53-36(64)17-16-29(52)43(72)60-41/h12-15,25-26,29-35,41-42,63H,5-11,16-24,52H2,1-4H3,(H,53,64)(H,54,76)(H,55,65)(H,56,77)(H,57,74)(H,58,78)(H,59,73)(H,60,72)(H,61,75)(H,66,67)(H,68,69)(H,70,71)(H,80,81). The van der Waals surface area contributed by atoms with Gasteiger partial charge in [0.25, 0.3) is 0 Å². The Kier molecular flexibility index (Phi) is 26.9. The average molecular weight is 1150 g/mol. The summed E-state index contributed by atoms with van der Waals surface area (Å²) in [5.41, 5.74) is 6.55. The van der Waals surface area contributed by atoms with E-state index in [0.717, 1.165) is 4.90 Å². The van der Waals surface area contributed by atoms with E-state index < -0.39 is 175 Å². The highest BCUT2D eigenvalue weighted by Crippen LogP contribution is 2.21. The summed E-state index contributed by atoms with van der Waals surface area (Å²) in [6, 6.07) is -9.12. The van der Waals surface area contributed by atoms with Crippen molar-refractivity contribution in [2.24, 2.45) is 17.6 Å². The molecule has 1 aromatic rings. The summed E-state index contributed by atoms with van der Waals surface area (Å²) >= 11 is 0. The molecule has 2 heterocycles. The molecule has 16 N–H and O–H groups in total. The summed E-state index contributed by atoms with van der Waals surface area (Å²) in [6.07, 6.45) is -3.26. The zero-order chi connectivity index (χ0) is 60.7. The maximum absolute atomic E-state index is 14.2. The number of nitrogens with zero attached hydrogens (tertiary/aromatic N) is 1. The SMILES string of the molecule is CCC(C)C1NC(=O)C(N)CCC(=O)NCCCCC(C(=O)O)NC(=O)C(C(C)CC)NC(=O)C(CC(=O)O)NC(=O)C(CC(=O)O)NC(=O)CNC(=O)C2CCCN2C(=O)C(CC(=O)O)NC(=O)C(Cc2ccc(O)cc2)NC1=O. The number of aliphatic carboxylic acids is 4. The van der Waals surface area contributed by atoms with E-state index in [1.54, 1.807) is 20.8 Å². The Morgan fingerprint density at radius 3 is 1.64 bits per heavy atom. The van der Waals surface area contributed by atoms with Gasteiger partial charge >= 0.3 is 23.9 Å². The second-order valence-corrected chi connectivity index (χ2v) is 20.0. The van der Waals surface area contributed by atoms with Crippen LogP contribution in [0.1, 0.15) is 110 Å². The predicted molar refractivity (Wildman–Crippen MR) is 280 cm³/mol. The Balaban J connectivity index is 2.03. The van der Waals surface area contributed by atoms with Crippen LogP contribution in [0.4, 0.5) is 0 Å². The summed E-state index contributed by atoms with van der Waals surface area (Å²) in [7, 11) is 0. The van der Waals surface area contributed by atoms with Crippen molar-refractivity contribution in [2.75, 3.05) is 19.6 Å². The van der Waals surface area contributed by atoms with Gasteiger partial charge in [-0.15, -0.1) is 0 Å². The largest absolute Gasteiger partial charge is 0.508 e. The fourth-order valence-electron chi connectivity index (χ4n) is 8.70. The molecular weight excluding hydrogens is 1070 g/mol. The van der Waals surface area contributed by atoms with Gasteiger partial charge in [0.2, 0.25) is 59.1 Å². The number of carboxylic acid groups (broad SMARTS) is 4. The summed E-state index contributed by atoms with van der Waals surface area (Å²) in [4.78, 5) is 186. The minimum absolute atomic E-state index is 0.0233. The van der Waals surface area contributed by atoms with E-state index in [1.807, 2.05) is 0 Å². The maximum atomic E-state index is 14.2. The number of rotatable bonds is 13. The van der Waals surface area contributed by atoms with Crippen LogP contribution in [0.25, 0.3) is 0 Å². The third-order valence-corrected chi connectivity index (χ3v) is 13.8. The molecule has 2 aliphatic heterocycles. The van der Waals surface area contributed by atoms with Gasteiger partial charge in [0.05, 0.1) is 31.8 Å². The number of phenolic OH excluding ortho intramolecular Hbond substituents is 1. The number of nitrogens with one attached hydrogen (secondary N) is 9. The molecule has 0 radical (unpaired) electrons.